The fourth-order valence-corrected chi connectivity index (χ4v) is 4.87. The SMILES string of the molecule is CCOC(=O)CCc1cc(CCNS(=O)(=O)c2ccc(Cl)cc2)cc(C(O)c2cccnc2C)c1. The summed E-state index contributed by atoms with van der Waals surface area (Å²) in [6.07, 6.45) is 1.80. The average Bonchev–Trinajstić information content (AvgIpc) is 2.83. The van der Waals surface area contributed by atoms with Gasteiger partial charge in [-0.3, -0.25) is 9.78 Å². The Morgan fingerprint density at radius 1 is 1.11 bits per heavy atom. The maximum atomic E-state index is 12.6. The van der Waals surface area contributed by atoms with Crippen LogP contribution in [0.4, 0.5) is 0 Å². The smallest absolute Gasteiger partial charge is 0.306 e. The molecule has 0 aliphatic heterocycles. The Hall–Kier alpha value is -2.78. The number of aromatic nitrogens is 1. The molecule has 0 spiro atoms. The second-order valence-corrected chi connectivity index (χ2v) is 10.3. The minimum atomic E-state index is -3.69. The van der Waals surface area contributed by atoms with Crippen molar-refractivity contribution < 1.29 is 23.1 Å². The summed E-state index contributed by atoms with van der Waals surface area (Å²) in [5, 5.41) is 11.5. The molecule has 9 heteroatoms. The van der Waals surface area contributed by atoms with Crippen molar-refractivity contribution in [1.82, 2.24) is 9.71 Å². The van der Waals surface area contributed by atoms with Gasteiger partial charge < -0.3 is 9.84 Å². The van der Waals surface area contributed by atoms with Crippen molar-refractivity contribution in [3.05, 3.63) is 93.8 Å². The number of carbonyl (C=O) groups excluding carboxylic acids is 1. The van der Waals surface area contributed by atoms with E-state index in [1.54, 1.807) is 19.2 Å². The first-order valence-electron chi connectivity index (χ1n) is 11.3. The number of nitrogens with zero attached hydrogens (tertiary/aromatic N) is 1. The topological polar surface area (TPSA) is 106 Å². The molecule has 0 aliphatic rings. The van der Waals surface area contributed by atoms with Gasteiger partial charge in [-0.2, -0.15) is 0 Å². The van der Waals surface area contributed by atoms with E-state index in [4.69, 9.17) is 16.3 Å². The van der Waals surface area contributed by atoms with Crippen molar-refractivity contribution in [3.63, 3.8) is 0 Å². The molecule has 1 heterocycles. The van der Waals surface area contributed by atoms with Gasteiger partial charge in [-0.25, -0.2) is 13.1 Å². The molecule has 0 bridgehead atoms. The maximum Gasteiger partial charge on any atom is 0.306 e. The Bertz CT molecular complexity index is 1260. The van der Waals surface area contributed by atoms with Gasteiger partial charge in [0.2, 0.25) is 10.0 Å². The van der Waals surface area contributed by atoms with Gasteiger partial charge in [0.05, 0.1) is 11.5 Å². The number of halogens is 1. The lowest BCUT2D eigenvalue weighted by Crippen LogP contribution is -2.26. The van der Waals surface area contributed by atoms with Crippen molar-refractivity contribution in [2.75, 3.05) is 13.2 Å². The van der Waals surface area contributed by atoms with Crippen molar-refractivity contribution in [1.29, 1.82) is 0 Å². The zero-order chi connectivity index (χ0) is 25.4. The summed E-state index contributed by atoms with van der Waals surface area (Å²) in [6, 6.07) is 15.2. The molecule has 0 aliphatic carbocycles. The third-order valence-corrected chi connectivity index (χ3v) is 7.21. The van der Waals surface area contributed by atoms with E-state index in [1.807, 2.05) is 31.2 Å². The first-order valence-corrected chi connectivity index (χ1v) is 13.2. The first-order chi connectivity index (χ1) is 16.7. The summed E-state index contributed by atoms with van der Waals surface area (Å²) < 4.78 is 32.8. The van der Waals surface area contributed by atoms with Crippen LogP contribution in [0.1, 0.15) is 47.4 Å². The quantitative estimate of drug-likeness (QED) is 0.371. The number of aryl methyl sites for hydroxylation is 2. The largest absolute Gasteiger partial charge is 0.466 e. The zero-order valence-corrected chi connectivity index (χ0v) is 21.3. The fourth-order valence-electron chi connectivity index (χ4n) is 3.71. The zero-order valence-electron chi connectivity index (χ0n) is 19.7. The van der Waals surface area contributed by atoms with Gasteiger partial charge in [-0.15, -0.1) is 0 Å². The Kier molecular flexibility index (Phi) is 9.40. The number of benzene rings is 2. The van der Waals surface area contributed by atoms with E-state index < -0.39 is 16.1 Å². The van der Waals surface area contributed by atoms with Crippen LogP contribution in [0.3, 0.4) is 0 Å². The van der Waals surface area contributed by atoms with Crippen molar-refractivity contribution in [2.45, 2.75) is 44.1 Å². The van der Waals surface area contributed by atoms with Crippen LogP contribution in [-0.4, -0.2) is 37.6 Å². The summed E-state index contributed by atoms with van der Waals surface area (Å²) >= 11 is 5.85. The summed E-state index contributed by atoms with van der Waals surface area (Å²) in [4.78, 5) is 16.2. The molecule has 3 aromatic rings. The second kappa shape index (κ2) is 12.3. The molecule has 2 aromatic carbocycles. The van der Waals surface area contributed by atoms with Crippen molar-refractivity contribution in [3.8, 4) is 0 Å². The van der Waals surface area contributed by atoms with Gasteiger partial charge in [0.15, 0.2) is 0 Å². The predicted molar refractivity (Wildman–Crippen MR) is 135 cm³/mol. The lowest BCUT2D eigenvalue weighted by molar-refractivity contribution is -0.143. The standard InChI is InChI=1S/C26H29ClN2O5S/c1-3-34-25(30)11-6-19-15-20(12-14-29-35(32,33)23-9-7-22(27)8-10-23)17-21(16-19)26(31)24-5-4-13-28-18(24)2/h4-5,7-10,13,15-17,26,29,31H,3,6,11-12,14H2,1-2H3. The number of pyridine rings is 1. The van der Waals surface area contributed by atoms with E-state index in [0.717, 1.165) is 11.1 Å². The highest BCUT2D eigenvalue weighted by Gasteiger charge is 2.17. The highest BCUT2D eigenvalue weighted by atomic mass is 35.5. The maximum absolute atomic E-state index is 12.6. The van der Waals surface area contributed by atoms with E-state index in [1.165, 1.54) is 24.3 Å². The highest BCUT2D eigenvalue weighted by Crippen LogP contribution is 2.26. The number of aliphatic hydroxyl groups excluding tert-OH is 1. The lowest BCUT2D eigenvalue weighted by Gasteiger charge is -2.17. The van der Waals surface area contributed by atoms with Crippen LogP contribution in [0.2, 0.25) is 5.02 Å². The summed E-state index contributed by atoms with van der Waals surface area (Å²) in [6.45, 7) is 4.06. The van der Waals surface area contributed by atoms with Crippen LogP contribution in [0.15, 0.2) is 65.7 Å². The van der Waals surface area contributed by atoms with Gasteiger partial charge in [-0.05, 0) is 73.7 Å². The molecule has 0 saturated carbocycles. The molecule has 0 amide bonds. The van der Waals surface area contributed by atoms with E-state index in [2.05, 4.69) is 9.71 Å². The van der Waals surface area contributed by atoms with Crippen LogP contribution in [0.5, 0.6) is 0 Å². The third-order valence-electron chi connectivity index (χ3n) is 5.49. The molecule has 3 rings (SSSR count). The number of aliphatic hydroxyl groups is 1. The van der Waals surface area contributed by atoms with E-state index in [0.29, 0.717) is 41.3 Å². The minimum absolute atomic E-state index is 0.133. The van der Waals surface area contributed by atoms with E-state index in [9.17, 15) is 18.3 Å². The first kappa shape index (κ1) is 26.8. The monoisotopic (exact) mass is 516 g/mol. The van der Waals surface area contributed by atoms with Gasteiger partial charge in [0.25, 0.3) is 0 Å². The number of carbonyl (C=O) groups is 1. The lowest BCUT2D eigenvalue weighted by atomic mass is 9.94. The molecular formula is C26H29ClN2O5S. The molecular weight excluding hydrogens is 488 g/mol. The minimum Gasteiger partial charge on any atom is -0.466 e. The summed E-state index contributed by atoms with van der Waals surface area (Å²) in [5.74, 6) is -0.293. The fraction of sp³-hybridized carbons (Fsp3) is 0.308. The second-order valence-electron chi connectivity index (χ2n) is 8.07. The van der Waals surface area contributed by atoms with Gasteiger partial charge in [-0.1, -0.05) is 35.9 Å². The van der Waals surface area contributed by atoms with Crippen LogP contribution in [-0.2, 0) is 32.4 Å². The van der Waals surface area contributed by atoms with Crippen LogP contribution >= 0.6 is 11.6 Å². The molecule has 35 heavy (non-hydrogen) atoms. The van der Waals surface area contributed by atoms with E-state index >= 15 is 0 Å². The molecule has 1 atom stereocenters. The number of ether oxygens (including phenoxy) is 1. The van der Waals surface area contributed by atoms with Gasteiger partial charge in [0.1, 0.15) is 6.10 Å². The molecule has 186 valence electrons. The number of nitrogens with one attached hydrogen (secondary N) is 1. The van der Waals surface area contributed by atoms with Crippen LogP contribution in [0.25, 0.3) is 0 Å². The third kappa shape index (κ3) is 7.60. The van der Waals surface area contributed by atoms with Crippen LogP contribution in [0, 0.1) is 6.92 Å². The Morgan fingerprint density at radius 2 is 1.80 bits per heavy atom. The summed E-state index contributed by atoms with van der Waals surface area (Å²) in [7, 11) is -3.69. The Balaban J connectivity index is 1.80. The van der Waals surface area contributed by atoms with Crippen molar-refractivity contribution in [2.24, 2.45) is 0 Å². The Morgan fingerprint density at radius 3 is 2.46 bits per heavy atom. The predicted octanol–water partition coefficient (Wildman–Crippen LogP) is 4.14. The highest BCUT2D eigenvalue weighted by molar-refractivity contribution is 7.89. The number of sulfonamides is 1. The molecule has 1 aromatic heterocycles. The van der Waals surface area contributed by atoms with Crippen molar-refractivity contribution >= 4 is 27.6 Å². The van der Waals surface area contributed by atoms with Gasteiger partial charge in [0, 0.05) is 35.4 Å². The van der Waals surface area contributed by atoms with Gasteiger partial charge >= 0.3 is 5.97 Å². The number of esters is 1. The normalized spacial score (nSPS) is 12.3. The number of hydrogen-bond donors (Lipinski definition) is 2. The average molecular weight is 517 g/mol. The molecule has 1 unspecified atom stereocenters. The van der Waals surface area contributed by atoms with Crippen LogP contribution < -0.4 is 4.72 Å². The molecule has 0 saturated heterocycles. The molecule has 0 fully saturated rings. The molecule has 0 radical (unpaired) electrons. The Labute approximate surface area is 211 Å². The number of hydrogen-bond acceptors (Lipinski definition) is 6. The molecule has 7 nitrogen and oxygen atoms in total. The molecule has 2 N–H and O–H groups in total. The number of rotatable bonds is 11. The van der Waals surface area contributed by atoms with E-state index in [-0.39, 0.29) is 23.8 Å². The summed E-state index contributed by atoms with van der Waals surface area (Å²) in [5.41, 5.74) is 3.74.